The van der Waals surface area contributed by atoms with Crippen molar-refractivity contribution in [1.29, 1.82) is 0 Å². The Balaban J connectivity index is 0.000000180. The van der Waals surface area contributed by atoms with Gasteiger partial charge in [0.1, 0.15) is 27.7 Å². The van der Waals surface area contributed by atoms with Gasteiger partial charge in [-0.05, 0) is 218 Å². The molecule has 19 nitrogen and oxygen atoms in total. The van der Waals surface area contributed by atoms with Crippen molar-refractivity contribution < 1.29 is 121 Å². The van der Waals surface area contributed by atoms with Gasteiger partial charge in [-0.2, -0.15) is 5.10 Å². The van der Waals surface area contributed by atoms with Crippen molar-refractivity contribution in [3.8, 4) is 5.75 Å². The molecule has 6 saturated carbocycles. The summed E-state index contributed by atoms with van der Waals surface area (Å²) in [6.45, 7) is 26.5. The van der Waals surface area contributed by atoms with Gasteiger partial charge >= 0.3 is 92.0 Å². The number of nitrogens with zero attached hydrogens (tertiary/aromatic N) is 5. The van der Waals surface area contributed by atoms with Gasteiger partial charge in [-0.15, -0.1) is 20.4 Å². The number of aromatic carboxylic acids is 1. The quantitative estimate of drug-likeness (QED) is 0.0275. The number of carboxylic acids is 1. The van der Waals surface area contributed by atoms with Gasteiger partial charge in [0.05, 0.1) is 46.3 Å². The van der Waals surface area contributed by atoms with Gasteiger partial charge in [0.2, 0.25) is 0 Å². The van der Waals surface area contributed by atoms with Gasteiger partial charge < -0.3 is 52.7 Å². The minimum atomic E-state index is -3.02. The molecule has 3 aromatic carbocycles. The van der Waals surface area contributed by atoms with Crippen LogP contribution in [-0.4, -0.2) is 114 Å². The third-order valence-corrected chi connectivity index (χ3v) is 25.7. The van der Waals surface area contributed by atoms with Crippen molar-refractivity contribution in [3.63, 3.8) is 0 Å². The minimum absolute atomic E-state index is 0. The molecule has 2 saturated heterocycles. The number of aromatic amines is 1. The number of aryl methyl sites for hydroxylation is 3. The Morgan fingerprint density at radius 2 is 1.13 bits per heavy atom. The van der Waals surface area contributed by atoms with Crippen LogP contribution < -0.4 is 68.9 Å². The summed E-state index contributed by atoms with van der Waals surface area (Å²) in [5.74, 6) is 1.67. The number of carboxylic acid groups (broad SMARTS) is 1. The van der Waals surface area contributed by atoms with Gasteiger partial charge in [0, 0.05) is 22.4 Å². The Hall–Kier alpha value is -2.10. The van der Waals surface area contributed by atoms with E-state index in [1.54, 1.807) is 40.4 Å². The fourth-order valence-electron chi connectivity index (χ4n) is 15.2. The van der Waals surface area contributed by atoms with E-state index in [1.807, 2.05) is 61.5 Å². The Labute approximate surface area is 649 Å². The van der Waals surface area contributed by atoms with Crippen molar-refractivity contribution >= 4 is 125 Å². The van der Waals surface area contributed by atoms with Crippen LogP contribution in [0.1, 0.15) is 184 Å². The molecule has 0 amide bonds. The first-order chi connectivity index (χ1) is 44.6. The molecule has 6 heterocycles. The molecule has 97 heavy (non-hydrogen) atoms. The van der Waals surface area contributed by atoms with Crippen LogP contribution in [0.3, 0.4) is 0 Å². The number of alkyl halides is 1. The van der Waals surface area contributed by atoms with Gasteiger partial charge in [0.25, 0.3) is 0 Å². The molecule has 8 atom stereocenters. The van der Waals surface area contributed by atoms with E-state index in [4.69, 9.17) is 32.7 Å². The molecule has 8 fully saturated rings. The van der Waals surface area contributed by atoms with Gasteiger partial charge in [-0.1, -0.05) is 144 Å². The fraction of sp³-hybridized carbons (Fsp3) is 0.591. The van der Waals surface area contributed by atoms with Crippen molar-refractivity contribution in [2.45, 2.75) is 221 Å². The topological polar surface area (TPSA) is 260 Å². The van der Waals surface area contributed by atoms with Crippen molar-refractivity contribution in [2.24, 2.45) is 34.5 Å². The number of benzene rings is 3. The van der Waals surface area contributed by atoms with Crippen LogP contribution in [0.2, 0.25) is 19.0 Å². The molecular formula is C66H86B3BrN6Na2O13S6. The summed E-state index contributed by atoms with van der Waals surface area (Å²) < 4.78 is 44.9. The zero-order valence-electron chi connectivity index (χ0n) is 58.5. The van der Waals surface area contributed by atoms with Gasteiger partial charge in [-0.3, -0.25) is 5.10 Å². The van der Waals surface area contributed by atoms with Crippen LogP contribution in [0.5, 0.6) is 5.75 Å². The summed E-state index contributed by atoms with van der Waals surface area (Å²) in [7, 11) is -0.377. The van der Waals surface area contributed by atoms with E-state index in [2.05, 4.69) is 118 Å². The molecular weight excluding hydrogens is 1440 g/mol. The number of esters is 2. The number of halogens is 1. The zero-order valence-corrected chi connectivity index (χ0v) is 69.0. The second-order valence-electron chi connectivity index (χ2n) is 29.4. The molecule has 0 radical (unpaired) electrons. The van der Waals surface area contributed by atoms with Crippen LogP contribution in [0.25, 0.3) is 0 Å². The summed E-state index contributed by atoms with van der Waals surface area (Å²) in [4.78, 5) is 37.7. The van der Waals surface area contributed by atoms with Crippen LogP contribution in [0.4, 0.5) is 0 Å². The van der Waals surface area contributed by atoms with Gasteiger partial charge in [0.15, 0.2) is 12.6 Å². The van der Waals surface area contributed by atoms with E-state index in [1.165, 1.54) is 58.6 Å². The average Bonchev–Trinajstić information content (AvgIpc) is 1.66. The first-order valence-electron chi connectivity index (χ1n) is 32.4. The third-order valence-electron chi connectivity index (χ3n) is 20.4. The monoisotopic (exact) mass is 1520 g/mol. The number of rotatable bonds is 16. The Kier molecular flexibility index (Phi) is 27.0. The van der Waals surface area contributed by atoms with Crippen LogP contribution in [0, 0.1) is 52.3 Å². The Morgan fingerprint density at radius 3 is 1.53 bits per heavy atom. The van der Waals surface area contributed by atoms with Gasteiger partial charge in [-0.25, -0.2) is 9.59 Å². The van der Waals surface area contributed by atoms with Crippen molar-refractivity contribution in [2.75, 3.05) is 0 Å². The van der Waals surface area contributed by atoms with Crippen LogP contribution in [0.15, 0.2) is 61.6 Å². The Morgan fingerprint density at radius 1 is 0.691 bits per heavy atom. The molecule has 6 aliphatic carbocycles. The first-order valence-corrected chi connectivity index (χ1v) is 38.6. The number of hydrogen-bond donors (Lipinski definition) is 3. The minimum Gasteiger partial charge on any atom is -0.669 e. The third kappa shape index (κ3) is 18.5. The largest absolute Gasteiger partial charge is 1.00 e. The van der Waals surface area contributed by atoms with E-state index >= 15 is 0 Å². The van der Waals surface area contributed by atoms with E-state index in [0.29, 0.717) is 72.5 Å². The number of fused-ring (bicyclic) bond motifs is 1. The van der Waals surface area contributed by atoms with Crippen LogP contribution in [-0.2, 0) is 64.2 Å². The van der Waals surface area contributed by atoms with Crippen molar-refractivity contribution in [3.05, 3.63) is 118 Å². The molecule has 9 aliphatic rings. The van der Waals surface area contributed by atoms with E-state index in [-0.39, 0.29) is 126 Å². The maximum absolute atomic E-state index is 13.3. The standard InChI is InChI=1S/C27H37BN2O4S2.C25H36BBrO4.C12H12BN2O5S2.C2H2N2S2.2Na/c1-16-17(10-11-28-33-21-13-19-12-20(26(19,5)6)27(21,7)34-28)8-9-18(14-35-24-30-29-15-36-24)22(16)23(31)32-25(2,3)4;1-15-16(8-9-17(14-27)21(15)22(28)29-23(2,3)4)10-11-26-30-20-13-18-12-19(24(18,5)6)25(20,7)31-26;16-11(17)9-8(5-21-12-15-14-6-22-12)2-1-7-3-4-13(18,19)20-10(7)9;5-2-4-3-1-6-2;;/h8-9,15,19-21H,10-14H2,1-7H3;8-9,18-20H,10-14H2,1-7H3;1-2,6,18-19H,3-5H2,(H,16,17);1H,(H,4,5);;/q;;-1;;2*+1/p-1/t19?,20?,21?,27-;18?,19?,20?,25-;;;;/m00..../s1. The molecule has 31 heteroatoms. The number of H-pyrrole nitrogens is 1. The summed E-state index contributed by atoms with van der Waals surface area (Å²) in [5, 5.41) is 53.2. The number of nitrogens with one attached hydrogen (secondary N) is 1. The molecule has 3 N–H and O–H groups in total. The molecule has 15 rings (SSSR count). The molecule has 3 aromatic heterocycles. The number of carbonyl (C=O) groups is 3. The summed E-state index contributed by atoms with van der Waals surface area (Å²) in [6, 6.07) is 11.8. The second-order valence-corrected chi connectivity index (χ2v) is 35.6. The smallest absolute Gasteiger partial charge is 0.669 e. The molecule has 512 valence electrons. The van der Waals surface area contributed by atoms with E-state index < -0.39 is 23.9 Å². The molecule has 0 spiro atoms. The number of carbonyl (C=O) groups excluding carboxylic acids is 3. The average molecular weight is 1520 g/mol. The molecule has 6 unspecified atom stereocenters. The number of hydrogen-bond acceptors (Lipinski definition) is 24. The summed E-state index contributed by atoms with van der Waals surface area (Å²) in [5.41, 5.74) is 12.7. The number of ether oxygens (including phenoxy) is 2. The molecule has 4 bridgehead atoms. The Bertz CT molecular complexity index is 3790. The number of aromatic nitrogens is 6. The molecule has 3 aliphatic heterocycles. The first kappa shape index (κ1) is 80.6. The SMILES string of the molecule is Cc1c(CCB2OC3CC4CC(C4(C)C)[C@]3(C)O2)ccc(CBr)c1C(=O)OC(C)(C)C.Cc1c(CCB2OC3CC4CC(C4(C)C)[C@]3(C)O2)ccc(CSc2nncs2)c1C(=O)OC(C)(C)C.O=C([O-])c1c(CSc2nncs2)ccc2c1O[B-](O)(O)CC2.S=c1[nH]ncs1.[Na+].[Na+]. The normalized spacial score (nSPS) is 24.7. The summed E-state index contributed by atoms with van der Waals surface area (Å²) >= 11 is 15.4. The fourth-order valence-corrected chi connectivity index (χ4v) is 19.1. The predicted octanol–water partition coefficient (Wildman–Crippen LogP) is 7.74. The van der Waals surface area contributed by atoms with Crippen LogP contribution >= 0.6 is 85.7 Å². The van der Waals surface area contributed by atoms with E-state index in [9.17, 15) is 29.5 Å². The maximum atomic E-state index is 13.3. The number of thioether (sulfide) groups is 2. The second kappa shape index (κ2) is 32.5. The molecule has 6 aromatic rings. The summed E-state index contributed by atoms with van der Waals surface area (Å²) in [6.07, 6.45) is 8.69. The maximum Gasteiger partial charge on any atom is 1.00 e. The van der Waals surface area contributed by atoms with Crippen molar-refractivity contribution in [1.82, 2.24) is 30.6 Å². The van der Waals surface area contributed by atoms with E-state index in [0.717, 1.165) is 91.8 Å². The predicted molar refractivity (Wildman–Crippen MR) is 379 cm³/mol. The zero-order chi connectivity index (χ0) is 68.8.